The minimum absolute atomic E-state index is 0.144. The quantitative estimate of drug-likeness (QED) is 0.559. The molecule has 2 aromatic rings. The maximum atomic E-state index is 12.1. The number of nitrogens with one attached hydrogen (secondary N) is 1. The molecule has 1 fully saturated rings. The Bertz CT molecular complexity index is 825. The molecule has 3 rings (SSSR count). The number of ether oxygens (including phenoxy) is 1. The van der Waals surface area contributed by atoms with Gasteiger partial charge in [-0.05, 0) is 83.9 Å². The summed E-state index contributed by atoms with van der Waals surface area (Å²) in [6, 6.07) is 6.29. The summed E-state index contributed by atoms with van der Waals surface area (Å²) in [5.41, 5.74) is 1.73. The van der Waals surface area contributed by atoms with Crippen LogP contribution in [0.1, 0.15) is 32.4 Å². The van der Waals surface area contributed by atoms with Gasteiger partial charge in [-0.3, -0.25) is 0 Å². The third-order valence-electron chi connectivity index (χ3n) is 3.97. The van der Waals surface area contributed by atoms with E-state index in [1.165, 1.54) is 5.56 Å². The van der Waals surface area contributed by atoms with Crippen molar-refractivity contribution >= 4 is 56.1 Å². The van der Waals surface area contributed by atoms with Crippen molar-refractivity contribution in [3.63, 3.8) is 0 Å². The number of anilines is 2. The summed E-state index contributed by atoms with van der Waals surface area (Å²) in [6.07, 6.45) is 1.50. The average molecular weight is 533 g/mol. The number of benzene rings is 1. The smallest absolute Gasteiger partial charge is 0.410 e. The number of likely N-dealkylation sites (tertiary alicyclic amines) is 1. The Hall–Kier alpha value is -1.29. The fourth-order valence-corrected chi connectivity index (χ4v) is 3.76. The van der Waals surface area contributed by atoms with E-state index in [1.807, 2.05) is 31.5 Å². The summed E-state index contributed by atoms with van der Waals surface area (Å²) in [6.45, 7) is 8.88. The lowest BCUT2D eigenvalue weighted by Crippen LogP contribution is -2.52. The van der Waals surface area contributed by atoms with Crippen molar-refractivity contribution in [3.8, 4) is 0 Å². The van der Waals surface area contributed by atoms with Gasteiger partial charge in [0.05, 0.1) is 21.5 Å². The molecular weight excluding hydrogens is 511 g/mol. The number of hydrogen-bond acceptors (Lipinski definition) is 4. The van der Waals surface area contributed by atoms with Crippen molar-refractivity contribution in [2.45, 2.75) is 39.3 Å². The van der Waals surface area contributed by atoms with Crippen molar-refractivity contribution in [1.29, 1.82) is 0 Å². The van der Waals surface area contributed by atoms with Gasteiger partial charge in [-0.15, -0.1) is 0 Å². The van der Waals surface area contributed by atoms with E-state index in [0.717, 1.165) is 19.5 Å². The van der Waals surface area contributed by atoms with Crippen LogP contribution in [0.5, 0.6) is 0 Å². The fourth-order valence-electron chi connectivity index (χ4n) is 2.74. The first-order valence-electron chi connectivity index (χ1n) is 8.38. The summed E-state index contributed by atoms with van der Waals surface area (Å²) in [5.74, 6) is 0.911. The maximum absolute atomic E-state index is 12.1. The monoisotopic (exact) mass is 532 g/mol. The molecule has 0 radical (unpaired) electrons. The second-order valence-corrected chi connectivity index (χ2v) is 9.37. The van der Waals surface area contributed by atoms with E-state index < -0.39 is 5.60 Å². The van der Waals surface area contributed by atoms with E-state index in [4.69, 9.17) is 4.74 Å². The molecule has 8 heteroatoms. The predicted molar refractivity (Wildman–Crippen MR) is 114 cm³/mol. The highest BCUT2D eigenvalue weighted by Gasteiger charge is 2.36. The van der Waals surface area contributed by atoms with Gasteiger partial charge >= 0.3 is 6.09 Å². The highest BCUT2D eigenvalue weighted by Crippen LogP contribution is 2.32. The number of hydrogen-bond donors (Lipinski definition) is 1. The van der Waals surface area contributed by atoms with Crippen molar-refractivity contribution in [1.82, 2.24) is 14.7 Å². The van der Waals surface area contributed by atoms with Crippen LogP contribution in [0.15, 0.2) is 28.9 Å². The average Bonchev–Trinajstić information content (AvgIpc) is 2.88. The zero-order valence-electron chi connectivity index (χ0n) is 15.2. The summed E-state index contributed by atoms with van der Waals surface area (Å²) in [5, 5.41) is 7.90. The van der Waals surface area contributed by atoms with Gasteiger partial charge in [0.25, 0.3) is 0 Å². The molecule has 1 aromatic heterocycles. The molecule has 0 spiro atoms. The summed E-state index contributed by atoms with van der Waals surface area (Å²) in [4.78, 5) is 13.8. The van der Waals surface area contributed by atoms with Gasteiger partial charge in [-0.25, -0.2) is 9.48 Å². The molecule has 2 heterocycles. The molecule has 1 amide bonds. The Morgan fingerprint density at radius 1 is 1.38 bits per heavy atom. The van der Waals surface area contributed by atoms with Crippen LogP contribution in [0.3, 0.4) is 0 Å². The molecule has 1 aliphatic rings. The molecule has 26 heavy (non-hydrogen) atoms. The Balaban J connectivity index is 1.69. The summed E-state index contributed by atoms with van der Waals surface area (Å²) in [7, 11) is 0. The molecule has 1 aliphatic heterocycles. The lowest BCUT2D eigenvalue weighted by atomic mass is 10.1. The second kappa shape index (κ2) is 7.38. The molecule has 140 valence electrons. The van der Waals surface area contributed by atoms with E-state index >= 15 is 0 Å². The zero-order valence-corrected chi connectivity index (χ0v) is 19.0. The van der Waals surface area contributed by atoms with Gasteiger partial charge < -0.3 is 15.0 Å². The van der Waals surface area contributed by atoms with Crippen molar-refractivity contribution in [2.75, 3.05) is 18.4 Å². The van der Waals surface area contributed by atoms with E-state index in [9.17, 15) is 4.79 Å². The van der Waals surface area contributed by atoms with Crippen molar-refractivity contribution in [3.05, 3.63) is 38.0 Å². The van der Waals surface area contributed by atoms with Crippen LogP contribution in [0.25, 0.3) is 0 Å². The third-order valence-corrected chi connectivity index (χ3v) is 6.49. The number of amides is 1. The number of carbonyl (C=O) groups is 1. The molecule has 0 bridgehead atoms. The van der Waals surface area contributed by atoms with E-state index in [-0.39, 0.29) is 12.1 Å². The molecular formula is C18H22BrIN4O2. The van der Waals surface area contributed by atoms with Gasteiger partial charge in [-0.1, -0.05) is 0 Å². The Morgan fingerprint density at radius 2 is 2.08 bits per heavy atom. The van der Waals surface area contributed by atoms with E-state index in [1.54, 1.807) is 11.1 Å². The molecule has 0 unspecified atom stereocenters. The Kier molecular flexibility index (Phi) is 5.53. The predicted octanol–water partition coefficient (Wildman–Crippen LogP) is 5.09. The number of rotatable bonds is 3. The van der Waals surface area contributed by atoms with Crippen LogP contribution in [-0.4, -0.2) is 39.5 Å². The number of halogens is 2. The zero-order chi connectivity index (χ0) is 19.1. The first kappa shape index (κ1) is 19.5. The molecule has 0 saturated carbocycles. The minimum atomic E-state index is -0.476. The molecule has 0 atom stereocenters. The van der Waals surface area contributed by atoms with Crippen molar-refractivity contribution < 1.29 is 9.53 Å². The SMILES string of the molecule is Cc1cc(Br)c(I)c(Nc2ccnn2C2CN(C(=O)OC(C)(C)C)C2)c1. The molecule has 1 N–H and O–H groups in total. The van der Waals surface area contributed by atoms with Gasteiger partial charge in [0, 0.05) is 23.6 Å². The summed E-state index contributed by atoms with van der Waals surface area (Å²) >= 11 is 5.91. The van der Waals surface area contributed by atoms with Crippen LogP contribution in [0, 0.1) is 10.5 Å². The van der Waals surface area contributed by atoms with Gasteiger partial charge in [0.2, 0.25) is 0 Å². The van der Waals surface area contributed by atoms with Crippen LogP contribution >= 0.6 is 38.5 Å². The standard InChI is InChI=1S/C18H22BrIN4O2/c1-11-7-13(19)16(20)14(8-11)22-15-5-6-21-24(15)12-9-23(10-12)17(25)26-18(2,3)4/h5-8,12,22H,9-10H2,1-4H3. The van der Waals surface area contributed by atoms with Crippen LogP contribution in [0.2, 0.25) is 0 Å². The number of carbonyl (C=O) groups excluding carboxylic acids is 1. The third kappa shape index (κ3) is 4.33. The minimum Gasteiger partial charge on any atom is -0.444 e. The first-order chi connectivity index (χ1) is 12.1. The number of nitrogens with zero attached hydrogens (tertiary/aromatic N) is 3. The van der Waals surface area contributed by atoms with Crippen LogP contribution in [0.4, 0.5) is 16.3 Å². The van der Waals surface area contributed by atoms with E-state index in [0.29, 0.717) is 13.1 Å². The first-order valence-corrected chi connectivity index (χ1v) is 10.3. The second-order valence-electron chi connectivity index (χ2n) is 7.43. The lowest BCUT2D eigenvalue weighted by molar-refractivity contribution is -0.000122. The number of aromatic nitrogens is 2. The molecule has 1 saturated heterocycles. The number of aryl methyl sites for hydroxylation is 1. The lowest BCUT2D eigenvalue weighted by Gasteiger charge is -2.40. The van der Waals surface area contributed by atoms with E-state index in [2.05, 4.69) is 68.0 Å². The van der Waals surface area contributed by atoms with Crippen LogP contribution in [-0.2, 0) is 4.74 Å². The highest BCUT2D eigenvalue weighted by molar-refractivity contribution is 14.1. The molecule has 0 aliphatic carbocycles. The molecule has 1 aromatic carbocycles. The van der Waals surface area contributed by atoms with Crippen LogP contribution < -0.4 is 5.32 Å². The molecule has 6 nitrogen and oxygen atoms in total. The summed E-state index contributed by atoms with van der Waals surface area (Å²) < 4.78 is 9.53. The highest BCUT2D eigenvalue weighted by atomic mass is 127. The Morgan fingerprint density at radius 3 is 2.73 bits per heavy atom. The maximum Gasteiger partial charge on any atom is 0.410 e. The van der Waals surface area contributed by atoms with Gasteiger partial charge in [0.15, 0.2) is 0 Å². The fraction of sp³-hybridized carbons (Fsp3) is 0.444. The Labute approximate surface area is 175 Å². The van der Waals surface area contributed by atoms with Gasteiger partial charge in [-0.2, -0.15) is 5.10 Å². The van der Waals surface area contributed by atoms with Crippen molar-refractivity contribution in [2.24, 2.45) is 0 Å². The van der Waals surface area contributed by atoms with Gasteiger partial charge in [0.1, 0.15) is 11.4 Å². The normalized spacial score (nSPS) is 14.9. The topological polar surface area (TPSA) is 59.4 Å². The largest absolute Gasteiger partial charge is 0.444 e.